The number of hydrogen-bond acceptors (Lipinski definition) is 2. The normalized spacial score (nSPS) is 10.2. The quantitative estimate of drug-likeness (QED) is 0.795. The van der Waals surface area contributed by atoms with E-state index in [1.165, 1.54) is 5.56 Å². The minimum absolute atomic E-state index is 0.896. The van der Waals surface area contributed by atoms with Gasteiger partial charge in [0, 0.05) is 18.1 Å². The zero-order chi connectivity index (χ0) is 12.1. The second-order valence-electron chi connectivity index (χ2n) is 4.15. The zero-order valence-electron chi connectivity index (χ0n) is 10.1. The maximum atomic E-state index is 4.37. The van der Waals surface area contributed by atoms with E-state index in [-0.39, 0.29) is 0 Å². The first-order chi connectivity index (χ1) is 8.25. The lowest BCUT2D eigenvalue weighted by Gasteiger charge is -2.05. The molecule has 0 saturated heterocycles. The molecule has 0 aliphatic heterocycles. The van der Waals surface area contributed by atoms with Gasteiger partial charge in [-0.15, -0.1) is 0 Å². The molecule has 2 aromatic rings. The van der Waals surface area contributed by atoms with Gasteiger partial charge in [-0.3, -0.25) is 9.97 Å². The average molecular weight is 224 g/mol. The lowest BCUT2D eigenvalue weighted by molar-refractivity contribution is 0.950. The molecule has 0 aliphatic carbocycles. The van der Waals surface area contributed by atoms with E-state index in [1.807, 2.05) is 43.6 Å². The molecule has 0 aliphatic rings. The van der Waals surface area contributed by atoms with Crippen molar-refractivity contribution in [3.63, 3.8) is 0 Å². The Labute approximate surface area is 102 Å². The number of aromatic nitrogens is 2. The SMILES string of the molecule is C=C(CCc1ccccn1)c1ccc(C)cn1. The van der Waals surface area contributed by atoms with E-state index in [0.29, 0.717) is 0 Å². The Morgan fingerprint density at radius 3 is 2.71 bits per heavy atom. The van der Waals surface area contributed by atoms with Gasteiger partial charge in [0.05, 0.1) is 5.69 Å². The van der Waals surface area contributed by atoms with Crippen LogP contribution in [0.5, 0.6) is 0 Å². The van der Waals surface area contributed by atoms with Crippen molar-refractivity contribution in [2.45, 2.75) is 19.8 Å². The summed E-state index contributed by atoms with van der Waals surface area (Å²) < 4.78 is 0. The van der Waals surface area contributed by atoms with Crippen LogP contribution in [0.25, 0.3) is 5.57 Å². The molecule has 2 nitrogen and oxygen atoms in total. The Morgan fingerprint density at radius 1 is 1.18 bits per heavy atom. The summed E-state index contributed by atoms with van der Waals surface area (Å²) in [5, 5.41) is 0. The Balaban J connectivity index is 1.96. The monoisotopic (exact) mass is 224 g/mol. The Morgan fingerprint density at radius 2 is 2.06 bits per heavy atom. The summed E-state index contributed by atoms with van der Waals surface area (Å²) in [5.41, 5.74) is 4.31. The van der Waals surface area contributed by atoms with Crippen LogP contribution < -0.4 is 0 Å². The molecule has 2 heteroatoms. The van der Waals surface area contributed by atoms with E-state index in [9.17, 15) is 0 Å². The van der Waals surface area contributed by atoms with Gasteiger partial charge in [0.2, 0.25) is 0 Å². The van der Waals surface area contributed by atoms with Crippen LogP contribution in [0.15, 0.2) is 49.3 Å². The third-order valence-corrected chi connectivity index (χ3v) is 2.68. The maximum absolute atomic E-state index is 4.37. The van der Waals surface area contributed by atoms with E-state index >= 15 is 0 Å². The van der Waals surface area contributed by atoms with Gasteiger partial charge in [-0.05, 0) is 49.1 Å². The highest BCUT2D eigenvalue weighted by atomic mass is 14.7. The van der Waals surface area contributed by atoms with Crippen LogP contribution in [0.4, 0.5) is 0 Å². The topological polar surface area (TPSA) is 25.8 Å². The summed E-state index contributed by atoms with van der Waals surface area (Å²) in [6.07, 6.45) is 5.51. The number of hydrogen-bond donors (Lipinski definition) is 0. The smallest absolute Gasteiger partial charge is 0.0656 e. The average Bonchev–Trinajstić information content (AvgIpc) is 2.38. The number of rotatable bonds is 4. The summed E-state index contributed by atoms with van der Waals surface area (Å²) in [4.78, 5) is 8.67. The summed E-state index contributed by atoms with van der Waals surface area (Å²) in [7, 11) is 0. The van der Waals surface area contributed by atoms with Crippen molar-refractivity contribution in [3.05, 3.63) is 66.3 Å². The van der Waals surface area contributed by atoms with Crippen molar-refractivity contribution in [1.82, 2.24) is 9.97 Å². The van der Waals surface area contributed by atoms with Crippen LogP contribution in [0.2, 0.25) is 0 Å². The van der Waals surface area contributed by atoms with E-state index in [0.717, 1.165) is 29.8 Å². The molecule has 0 aromatic carbocycles. The molecule has 0 fully saturated rings. The fourth-order valence-corrected chi connectivity index (χ4v) is 1.63. The molecule has 0 N–H and O–H groups in total. The molecule has 0 bridgehead atoms. The van der Waals surface area contributed by atoms with Crippen LogP contribution >= 0.6 is 0 Å². The van der Waals surface area contributed by atoms with Crippen molar-refractivity contribution in [3.8, 4) is 0 Å². The zero-order valence-corrected chi connectivity index (χ0v) is 10.1. The Kier molecular flexibility index (Phi) is 3.66. The first-order valence-corrected chi connectivity index (χ1v) is 5.76. The number of aryl methyl sites for hydroxylation is 2. The van der Waals surface area contributed by atoms with Crippen molar-refractivity contribution >= 4 is 5.57 Å². The van der Waals surface area contributed by atoms with E-state index in [4.69, 9.17) is 0 Å². The summed E-state index contributed by atoms with van der Waals surface area (Å²) in [6.45, 7) is 6.11. The van der Waals surface area contributed by atoms with E-state index in [1.54, 1.807) is 0 Å². The highest BCUT2D eigenvalue weighted by Crippen LogP contribution is 2.16. The van der Waals surface area contributed by atoms with Gasteiger partial charge >= 0.3 is 0 Å². The van der Waals surface area contributed by atoms with Gasteiger partial charge in [0.15, 0.2) is 0 Å². The highest BCUT2D eigenvalue weighted by Gasteiger charge is 2.01. The van der Waals surface area contributed by atoms with Crippen LogP contribution in [0.1, 0.15) is 23.4 Å². The predicted octanol–water partition coefficient (Wildman–Crippen LogP) is 3.43. The van der Waals surface area contributed by atoms with Gasteiger partial charge < -0.3 is 0 Å². The first kappa shape index (κ1) is 11.5. The third-order valence-electron chi connectivity index (χ3n) is 2.68. The van der Waals surface area contributed by atoms with Crippen LogP contribution in [0, 0.1) is 6.92 Å². The summed E-state index contributed by atoms with van der Waals surface area (Å²) >= 11 is 0. The Hall–Kier alpha value is -1.96. The van der Waals surface area contributed by atoms with Gasteiger partial charge in [0.1, 0.15) is 0 Å². The molecule has 0 spiro atoms. The molecule has 0 unspecified atom stereocenters. The molecule has 0 saturated carbocycles. The molecule has 2 heterocycles. The maximum Gasteiger partial charge on any atom is 0.0656 e. The third kappa shape index (κ3) is 3.25. The number of nitrogens with zero attached hydrogens (tertiary/aromatic N) is 2. The highest BCUT2D eigenvalue weighted by molar-refractivity contribution is 5.60. The van der Waals surface area contributed by atoms with Gasteiger partial charge in [-0.1, -0.05) is 18.7 Å². The lowest BCUT2D eigenvalue weighted by Crippen LogP contribution is -1.93. The molecule has 86 valence electrons. The van der Waals surface area contributed by atoms with Crippen molar-refractivity contribution in [2.24, 2.45) is 0 Å². The fraction of sp³-hybridized carbons (Fsp3) is 0.200. The van der Waals surface area contributed by atoms with Gasteiger partial charge in [-0.25, -0.2) is 0 Å². The van der Waals surface area contributed by atoms with Gasteiger partial charge in [-0.2, -0.15) is 0 Å². The van der Waals surface area contributed by atoms with Crippen molar-refractivity contribution in [2.75, 3.05) is 0 Å². The molecule has 0 radical (unpaired) electrons. The molecule has 2 rings (SSSR count). The second kappa shape index (κ2) is 5.39. The minimum atomic E-state index is 0.896. The predicted molar refractivity (Wildman–Crippen MR) is 70.6 cm³/mol. The molecule has 0 amide bonds. The molecular weight excluding hydrogens is 208 g/mol. The van der Waals surface area contributed by atoms with E-state index in [2.05, 4.69) is 22.6 Å². The van der Waals surface area contributed by atoms with Crippen LogP contribution in [-0.4, -0.2) is 9.97 Å². The van der Waals surface area contributed by atoms with E-state index < -0.39 is 0 Å². The van der Waals surface area contributed by atoms with Gasteiger partial charge in [0.25, 0.3) is 0 Å². The molecule has 0 atom stereocenters. The van der Waals surface area contributed by atoms with Crippen LogP contribution in [0.3, 0.4) is 0 Å². The number of pyridine rings is 2. The summed E-state index contributed by atoms with van der Waals surface area (Å²) in [6, 6.07) is 10.1. The molecule has 2 aromatic heterocycles. The minimum Gasteiger partial charge on any atom is -0.261 e. The molecule has 17 heavy (non-hydrogen) atoms. The Bertz CT molecular complexity index is 486. The fourth-order valence-electron chi connectivity index (χ4n) is 1.63. The summed E-state index contributed by atoms with van der Waals surface area (Å²) in [5.74, 6) is 0. The van der Waals surface area contributed by atoms with Crippen molar-refractivity contribution < 1.29 is 0 Å². The number of allylic oxidation sites excluding steroid dienone is 1. The standard InChI is InChI=1S/C15H16N2/c1-12-6-9-15(17-11-12)13(2)7-8-14-5-3-4-10-16-14/h3-6,9-11H,2,7-8H2,1H3. The second-order valence-corrected chi connectivity index (χ2v) is 4.15. The van der Waals surface area contributed by atoms with Crippen molar-refractivity contribution in [1.29, 1.82) is 0 Å². The van der Waals surface area contributed by atoms with Crippen LogP contribution in [-0.2, 0) is 6.42 Å². The lowest BCUT2D eigenvalue weighted by atomic mass is 10.1. The first-order valence-electron chi connectivity index (χ1n) is 5.76. The molecular formula is C15H16N2. The largest absolute Gasteiger partial charge is 0.261 e.